The first-order valence-electron chi connectivity index (χ1n) is 6.05. The van der Waals surface area contributed by atoms with E-state index < -0.39 is 5.97 Å². The van der Waals surface area contributed by atoms with Crippen molar-refractivity contribution in [1.82, 2.24) is 4.90 Å². The predicted octanol–water partition coefficient (Wildman–Crippen LogP) is 1.75. The monoisotopic (exact) mass is 227 g/mol. The van der Waals surface area contributed by atoms with E-state index in [1.807, 2.05) is 18.7 Å². The molecule has 1 amide bonds. The Hall–Kier alpha value is -1.06. The van der Waals surface area contributed by atoms with Gasteiger partial charge in [0.15, 0.2) is 0 Å². The van der Waals surface area contributed by atoms with E-state index in [0.717, 1.165) is 25.9 Å². The fourth-order valence-corrected chi connectivity index (χ4v) is 2.08. The van der Waals surface area contributed by atoms with Gasteiger partial charge < -0.3 is 10.0 Å². The highest BCUT2D eigenvalue weighted by Gasteiger charge is 2.28. The second-order valence-corrected chi connectivity index (χ2v) is 4.68. The molecule has 16 heavy (non-hydrogen) atoms. The molecule has 0 aromatic rings. The van der Waals surface area contributed by atoms with Crippen LogP contribution in [-0.2, 0) is 9.59 Å². The number of hydrogen-bond donors (Lipinski definition) is 1. The van der Waals surface area contributed by atoms with Gasteiger partial charge in [0, 0.05) is 25.4 Å². The van der Waals surface area contributed by atoms with Crippen LogP contribution in [0.25, 0.3) is 0 Å². The molecule has 0 aliphatic carbocycles. The van der Waals surface area contributed by atoms with Crippen LogP contribution in [0.2, 0.25) is 0 Å². The number of nitrogens with zero attached hydrogens (tertiary/aromatic N) is 1. The summed E-state index contributed by atoms with van der Waals surface area (Å²) in [6, 6.07) is 0. The number of amides is 1. The molecule has 1 N–H and O–H groups in total. The average Bonchev–Trinajstić information content (AvgIpc) is 2.72. The zero-order valence-corrected chi connectivity index (χ0v) is 10.1. The number of carbonyl (C=O) groups excluding carboxylic acids is 1. The molecule has 4 nitrogen and oxygen atoms in total. The number of aliphatic carboxylic acids is 1. The van der Waals surface area contributed by atoms with Gasteiger partial charge in [-0.15, -0.1) is 0 Å². The summed E-state index contributed by atoms with van der Waals surface area (Å²) >= 11 is 0. The van der Waals surface area contributed by atoms with Crippen LogP contribution in [0.5, 0.6) is 0 Å². The maximum Gasteiger partial charge on any atom is 0.303 e. The molecule has 1 aliphatic rings. The molecule has 2 atom stereocenters. The van der Waals surface area contributed by atoms with Crippen LogP contribution in [0.15, 0.2) is 0 Å². The summed E-state index contributed by atoms with van der Waals surface area (Å²) in [5.74, 6) is -0.0469. The molecule has 0 aromatic carbocycles. The third kappa shape index (κ3) is 3.51. The fourth-order valence-electron chi connectivity index (χ4n) is 2.08. The first-order chi connectivity index (χ1) is 7.54. The van der Waals surface area contributed by atoms with Crippen molar-refractivity contribution in [2.75, 3.05) is 13.1 Å². The molecule has 0 spiro atoms. The van der Waals surface area contributed by atoms with Gasteiger partial charge >= 0.3 is 5.97 Å². The summed E-state index contributed by atoms with van der Waals surface area (Å²) in [6.45, 7) is 5.51. The molecule has 1 saturated heterocycles. The molecule has 0 saturated carbocycles. The first kappa shape index (κ1) is 13.0. The molecular weight excluding hydrogens is 206 g/mol. The minimum atomic E-state index is -0.744. The average molecular weight is 227 g/mol. The fraction of sp³-hybridized carbons (Fsp3) is 0.833. The summed E-state index contributed by atoms with van der Waals surface area (Å²) in [4.78, 5) is 24.2. The highest BCUT2D eigenvalue weighted by atomic mass is 16.4. The molecule has 1 aliphatic heterocycles. The van der Waals surface area contributed by atoms with Crippen molar-refractivity contribution < 1.29 is 14.7 Å². The van der Waals surface area contributed by atoms with Gasteiger partial charge in [-0.2, -0.15) is 0 Å². The van der Waals surface area contributed by atoms with E-state index in [-0.39, 0.29) is 18.2 Å². The van der Waals surface area contributed by atoms with E-state index in [9.17, 15) is 9.59 Å². The minimum absolute atomic E-state index is 0.0956. The molecule has 92 valence electrons. The molecule has 0 bridgehead atoms. The SMILES string of the molecule is CCC(C)C(=O)N1CCC(CCC(=O)O)C1. The van der Waals surface area contributed by atoms with Crippen molar-refractivity contribution in [1.29, 1.82) is 0 Å². The Kier molecular flexibility index (Phi) is 4.77. The van der Waals surface area contributed by atoms with Crippen LogP contribution in [0.4, 0.5) is 0 Å². The summed E-state index contributed by atoms with van der Waals surface area (Å²) in [5, 5.41) is 8.59. The molecular formula is C12H21NO3. The third-order valence-electron chi connectivity index (χ3n) is 3.40. The number of carboxylic acids is 1. The number of likely N-dealkylation sites (tertiary alicyclic amines) is 1. The molecule has 1 rings (SSSR count). The Bertz CT molecular complexity index is 265. The molecule has 0 radical (unpaired) electrons. The van der Waals surface area contributed by atoms with Crippen LogP contribution < -0.4 is 0 Å². The van der Waals surface area contributed by atoms with Crippen LogP contribution in [0.3, 0.4) is 0 Å². The summed E-state index contributed by atoms with van der Waals surface area (Å²) < 4.78 is 0. The van der Waals surface area contributed by atoms with Gasteiger partial charge in [0.1, 0.15) is 0 Å². The van der Waals surface area contributed by atoms with E-state index in [0.29, 0.717) is 12.3 Å². The number of rotatable bonds is 5. The van der Waals surface area contributed by atoms with Crippen molar-refractivity contribution >= 4 is 11.9 Å². The van der Waals surface area contributed by atoms with Crippen molar-refractivity contribution in [2.45, 2.75) is 39.5 Å². The summed E-state index contributed by atoms with van der Waals surface area (Å²) in [6.07, 6.45) is 2.74. The molecule has 0 aromatic heterocycles. The third-order valence-corrected chi connectivity index (χ3v) is 3.40. The van der Waals surface area contributed by atoms with Crippen molar-refractivity contribution in [2.24, 2.45) is 11.8 Å². The van der Waals surface area contributed by atoms with E-state index in [4.69, 9.17) is 5.11 Å². The van der Waals surface area contributed by atoms with Gasteiger partial charge in [0.05, 0.1) is 0 Å². The quantitative estimate of drug-likeness (QED) is 0.778. The van der Waals surface area contributed by atoms with E-state index in [1.165, 1.54) is 0 Å². The van der Waals surface area contributed by atoms with Crippen molar-refractivity contribution in [3.05, 3.63) is 0 Å². The maximum atomic E-state index is 11.9. The zero-order valence-electron chi connectivity index (χ0n) is 10.1. The van der Waals surface area contributed by atoms with Gasteiger partial charge in [0.2, 0.25) is 5.91 Å². The molecule has 1 heterocycles. The normalized spacial score (nSPS) is 22.1. The zero-order chi connectivity index (χ0) is 12.1. The first-order valence-corrected chi connectivity index (χ1v) is 6.05. The Balaban J connectivity index is 2.34. The lowest BCUT2D eigenvalue weighted by atomic mass is 10.0. The van der Waals surface area contributed by atoms with Gasteiger partial charge in [-0.3, -0.25) is 9.59 Å². The lowest BCUT2D eigenvalue weighted by Crippen LogP contribution is -2.33. The summed E-state index contributed by atoms with van der Waals surface area (Å²) in [7, 11) is 0. The number of carbonyl (C=O) groups is 2. The Morgan fingerprint density at radius 2 is 2.19 bits per heavy atom. The van der Waals surface area contributed by atoms with Crippen LogP contribution in [-0.4, -0.2) is 35.0 Å². The molecule has 2 unspecified atom stereocenters. The lowest BCUT2D eigenvalue weighted by Gasteiger charge is -2.20. The smallest absolute Gasteiger partial charge is 0.303 e. The van der Waals surface area contributed by atoms with Crippen LogP contribution >= 0.6 is 0 Å². The van der Waals surface area contributed by atoms with Crippen molar-refractivity contribution in [3.63, 3.8) is 0 Å². The Labute approximate surface area is 96.6 Å². The number of carboxylic acid groups (broad SMARTS) is 1. The molecule has 4 heteroatoms. The second kappa shape index (κ2) is 5.87. The largest absolute Gasteiger partial charge is 0.481 e. The van der Waals surface area contributed by atoms with Crippen LogP contribution in [0, 0.1) is 11.8 Å². The van der Waals surface area contributed by atoms with Gasteiger partial charge in [-0.1, -0.05) is 13.8 Å². The Morgan fingerprint density at radius 1 is 1.50 bits per heavy atom. The van der Waals surface area contributed by atoms with E-state index >= 15 is 0 Å². The predicted molar refractivity (Wildman–Crippen MR) is 61.0 cm³/mol. The van der Waals surface area contributed by atoms with E-state index in [2.05, 4.69) is 0 Å². The van der Waals surface area contributed by atoms with Gasteiger partial charge in [-0.25, -0.2) is 0 Å². The highest BCUT2D eigenvalue weighted by molar-refractivity contribution is 5.78. The standard InChI is InChI=1S/C12H21NO3/c1-3-9(2)12(16)13-7-6-10(8-13)4-5-11(14)15/h9-10H,3-8H2,1-2H3,(H,14,15). The van der Waals surface area contributed by atoms with E-state index in [1.54, 1.807) is 0 Å². The minimum Gasteiger partial charge on any atom is -0.481 e. The topological polar surface area (TPSA) is 57.6 Å². The molecule has 1 fully saturated rings. The second-order valence-electron chi connectivity index (χ2n) is 4.68. The van der Waals surface area contributed by atoms with Crippen molar-refractivity contribution in [3.8, 4) is 0 Å². The Morgan fingerprint density at radius 3 is 2.75 bits per heavy atom. The number of hydrogen-bond acceptors (Lipinski definition) is 2. The van der Waals surface area contributed by atoms with Crippen LogP contribution in [0.1, 0.15) is 39.5 Å². The van der Waals surface area contributed by atoms with Gasteiger partial charge in [-0.05, 0) is 25.2 Å². The summed E-state index contributed by atoms with van der Waals surface area (Å²) in [5.41, 5.74) is 0. The highest BCUT2D eigenvalue weighted by Crippen LogP contribution is 2.22. The maximum absolute atomic E-state index is 11.9. The van der Waals surface area contributed by atoms with Gasteiger partial charge in [0.25, 0.3) is 0 Å². The lowest BCUT2D eigenvalue weighted by molar-refractivity contribution is -0.137.